The molecule has 0 bridgehead atoms. The van der Waals surface area contributed by atoms with Gasteiger partial charge in [0, 0.05) is 10.8 Å². The van der Waals surface area contributed by atoms with Crippen molar-refractivity contribution in [2.45, 2.75) is 131 Å². The normalized spacial score (nSPS) is 22.5. The minimum atomic E-state index is -0.827. The van der Waals surface area contributed by atoms with Crippen LogP contribution in [0.15, 0.2) is 103 Å². The molecule has 2 fully saturated rings. The Hall–Kier alpha value is -5.56. The van der Waals surface area contributed by atoms with Crippen molar-refractivity contribution in [1.29, 1.82) is 0 Å². The van der Waals surface area contributed by atoms with E-state index >= 15 is 0 Å². The Balaban J connectivity index is 1.09. The largest absolute Gasteiger partial charge is 0.519 e. The van der Waals surface area contributed by atoms with E-state index in [9.17, 15) is 9.59 Å². The molecule has 4 unspecified atom stereocenters. The van der Waals surface area contributed by atoms with E-state index in [1.54, 1.807) is 13.2 Å². The molecule has 2 saturated carbocycles. The molecule has 7 nitrogen and oxygen atoms in total. The molecule has 338 valence electrons. The highest BCUT2D eigenvalue weighted by atomic mass is 16.7. The van der Waals surface area contributed by atoms with Gasteiger partial charge in [0.2, 0.25) is 0 Å². The van der Waals surface area contributed by atoms with Crippen molar-refractivity contribution in [2.75, 3.05) is 7.11 Å². The predicted molar refractivity (Wildman–Crippen MR) is 255 cm³/mol. The molecular weight excluding hydrogens is 797 g/mol. The van der Waals surface area contributed by atoms with Crippen LogP contribution in [0, 0.1) is 43.4 Å². The first kappa shape index (κ1) is 46.4. The van der Waals surface area contributed by atoms with Crippen molar-refractivity contribution in [2.24, 2.45) is 22.7 Å². The van der Waals surface area contributed by atoms with Gasteiger partial charge >= 0.3 is 12.3 Å². The highest BCUT2D eigenvalue weighted by Crippen LogP contribution is 2.55. The average molecular weight is 865 g/mol. The molecule has 0 saturated heterocycles. The van der Waals surface area contributed by atoms with Crippen LogP contribution in [0.4, 0.5) is 9.59 Å². The summed E-state index contributed by atoms with van der Waals surface area (Å²) >= 11 is 0. The number of methoxy groups -OCH3 is 1. The van der Waals surface area contributed by atoms with E-state index in [1.807, 2.05) is 51.1 Å². The third kappa shape index (κ3) is 9.46. The average Bonchev–Trinajstić information content (AvgIpc) is 3.26. The molecule has 7 heteroatoms. The molecule has 5 aromatic carbocycles. The molecule has 2 aliphatic rings. The zero-order valence-electron chi connectivity index (χ0n) is 40.0. The van der Waals surface area contributed by atoms with Crippen LogP contribution in [0.3, 0.4) is 0 Å². The molecule has 7 rings (SSSR count). The Kier molecular flexibility index (Phi) is 13.4. The molecule has 2 aliphatic carbocycles. The number of hydrogen-bond acceptors (Lipinski definition) is 7. The maximum absolute atomic E-state index is 13.5. The highest BCUT2D eigenvalue weighted by Gasteiger charge is 2.46. The molecule has 0 aliphatic heterocycles. The second-order valence-electron chi connectivity index (χ2n) is 20.3. The highest BCUT2D eigenvalue weighted by molar-refractivity contribution is 5.70. The summed E-state index contributed by atoms with van der Waals surface area (Å²) in [5, 5.41) is 0. The molecule has 0 radical (unpaired) electrons. The maximum Gasteiger partial charge on any atom is 0.519 e. The van der Waals surface area contributed by atoms with E-state index in [1.165, 1.54) is 11.1 Å². The van der Waals surface area contributed by atoms with Crippen LogP contribution >= 0.6 is 0 Å². The zero-order valence-corrected chi connectivity index (χ0v) is 40.0. The van der Waals surface area contributed by atoms with Gasteiger partial charge in [-0.25, -0.2) is 9.59 Å². The topological polar surface area (TPSA) is 80.3 Å². The summed E-state index contributed by atoms with van der Waals surface area (Å²) in [6.45, 7) is 22.2. The van der Waals surface area contributed by atoms with E-state index in [0.717, 1.165) is 84.7 Å². The summed E-state index contributed by atoms with van der Waals surface area (Å²) in [5.41, 5.74) is 8.58. The monoisotopic (exact) mass is 864 g/mol. The molecule has 0 N–H and O–H groups in total. The van der Waals surface area contributed by atoms with Crippen LogP contribution in [0.5, 0.6) is 28.7 Å². The van der Waals surface area contributed by atoms with Gasteiger partial charge in [-0.3, -0.25) is 0 Å². The van der Waals surface area contributed by atoms with Crippen LogP contribution in [0.2, 0.25) is 0 Å². The quantitative estimate of drug-likeness (QED) is 0.0966. The Bertz CT molecular complexity index is 2480. The van der Waals surface area contributed by atoms with Crippen molar-refractivity contribution in [3.8, 4) is 28.7 Å². The first-order chi connectivity index (χ1) is 30.4. The third-order valence-corrected chi connectivity index (χ3v) is 15.4. The Labute approximate surface area is 381 Å². The standard InChI is InChI=1S/C57H68O7/c1-12-16-42-19-23-50(51(34-42)60-11)64-53(59)63-49-26-22-46(33-39(49)4)57(30-28-55(9,10)41(6)36-57)45-21-25-48(38(3)32-45)62-52(58)61-47-24-20-44(31-37(47)2)56(43-17-14-13-15-18-43)29-27-54(7,8)40(5)35-56/h13-15,17-26,31-34,40-41H,12,16,27-30,35-36H2,1-11H3. The van der Waals surface area contributed by atoms with Crippen molar-refractivity contribution < 1.29 is 33.3 Å². The van der Waals surface area contributed by atoms with Crippen LogP contribution in [0.25, 0.3) is 0 Å². The van der Waals surface area contributed by atoms with Crippen LogP contribution in [0.1, 0.15) is 138 Å². The number of ether oxygens (including phenoxy) is 5. The predicted octanol–water partition coefficient (Wildman–Crippen LogP) is 15.0. The zero-order chi connectivity index (χ0) is 46.0. The fraction of sp³-hybridized carbons (Fsp3) is 0.439. The molecule has 5 aromatic rings. The third-order valence-electron chi connectivity index (χ3n) is 15.4. The molecule has 0 spiro atoms. The SMILES string of the molecule is CCCc1ccc(OC(=O)Oc2ccc(C3(c4ccc(OC(=O)Oc5ccc(C6(c7ccccc7)CCC(C)(C)C(C)C6)cc5C)c(C)c4)CCC(C)(C)C(C)C3)cc2C)c(OC)c1. The minimum absolute atomic E-state index is 0.110. The lowest BCUT2D eigenvalue weighted by Crippen LogP contribution is -2.41. The maximum atomic E-state index is 13.5. The molecular formula is C57H68O7. The van der Waals surface area contributed by atoms with Crippen LogP contribution in [-0.2, 0) is 17.3 Å². The summed E-state index contributed by atoms with van der Waals surface area (Å²) in [6, 6.07) is 34.9. The fourth-order valence-electron chi connectivity index (χ4n) is 10.3. The van der Waals surface area contributed by atoms with E-state index in [4.69, 9.17) is 23.7 Å². The van der Waals surface area contributed by atoms with Gasteiger partial charge in [0.1, 0.15) is 17.2 Å². The molecule has 64 heavy (non-hydrogen) atoms. The van der Waals surface area contributed by atoms with Gasteiger partial charge in [-0.1, -0.05) is 128 Å². The van der Waals surface area contributed by atoms with Crippen LogP contribution in [-0.4, -0.2) is 19.4 Å². The second-order valence-corrected chi connectivity index (χ2v) is 20.3. The van der Waals surface area contributed by atoms with Gasteiger partial charge in [-0.2, -0.15) is 0 Å². The first-order valence-electron chi connectivity index (χ1n) is 23.2. The number of hydrogen-bond donors (Lipinski definition) is 0. The number of carbonyl (C=O) groups is 2. The van der Waals surface area contributed by atoms with Crippen molar-refractivity contribution in [3.05, 3.63) is 148 Å². The van der Waals surface area contributed by atoms with Gasteiger partial charge in [0.05, 0.1) is 7.11 Å². The second kappa shape index (κ2) is 18.5. The van der Waals surface area contributed by atoms with E-state index in [2.05, 4.69) is 115 Å². The first-order valence-corrected chi connectivity index (χ1v) is 23.2. The van der Waals surface area contributed by atoms with Crippen molar-refractivity contribution >= 4 is 12.3 Å². The molecule has 0 heterocycles. The lowest BCUT2D eigenvalue weighted by molar-refractivity contribution is 0.107. The molecule has 0 amide bonds. The summed E-state index contributed by atoms with van der Waals surface area (Å²) in [4.78, 5) is 26.6. The van der Waals surface area contributed by atoms with Gasteiger partial charge in [0.25, 0.3) is 0 Å². The number of carbonyl (C=O) groups excluding carboxylic acids is 2. The smallest absolute Gasteiger partial charge is 0.493 e. The Morgan fingerprint density at radius 1 is 0.516 bits per heavy atom. The lowest BCUT2D eigenvalue weighted by atomic mass is 9.55. The lowest BCUT2D eigenvalue weighted by Gasteiger charge is -2.49. The Morgan fingerprint density at radius 3 is 1.31 bits per heavy atom. The Morgan fingerprint density at radius 2 is 0.922 bits per heavy atom. The minimum Gasteiger partial charge on any atom is -0.493 e. The van der Waals surface area contributed by atoms with Gasteiger partial charge < -0.3 is 23.7 Å². The summed E-state index contributed by atoms with van der Waals surface area (Å²) in [7, 11) is 1.56. The molecule has 0 aromatic heterocycles. The number of rotatable bonds is 11. The fourth-order valence-corrected chi connectivity index (χ4v) is 10.3. The molecule has 4 atom stereocenters. The summed E-state index contributed by atoms with van der Waals surface area (Å²) in [6.07, 6.45) is 6.44. The van der Waals surface area contributed by atoms with Gasteiger partial charge in [-0.15, -0.1) is 0 Å². The van der Waals surface area contributed by atoms with Gasteiger partial charge in [0.15, 0.2) is 11.5 Å². The van der Waals surface area contributed by atoms with E-state index in [-0.39, 0.29) is 21.7 Å². The summed E-state index contributed by atoms with van der Waals surface area (Å²) in [5.74, 6) is 3.14. The number of benzene rings is 5. The number of aryl methyl sites for hydroxylation is 4. The van der Waals surface area contributed by atoms with Crippen LogP contribution < -0.4 is 23.7 Å². The van der Waals surface area contributed by atoms with Gasteiger partial charge in [-0.05, 0) is 163 Å². The van der Waals surface area contributed by atoms with E-state index in [0.29, 0.717) is 40.6 Å². The summed E-state index contributed by atoms with van der Waals surface area (Å²) < 4.78 is 28.7. The van der Waals surface area contributed by atoms with Crippen molar-refractivity contribution in [3.63, 3.8) is 0 Å². The van der Waals surface area contributed by atoms with E-state index < -0.39 is 12.3 Å². The van der Waals surface area contributed by atoms with Crippen molar-refractivity contribution in [1.82, 2.24) is 0 Å².